The van der Waals surface area contributed by atoms with Gasteiger partial charge in [-0.2, -0.15) is 0 Å². The molecule has 3 rings (SSSR count). The number of hydrogen-bond acceptors (Lipinski definition) is 3. The number of aliphatic carboxylic acids is 1. The number of fused-ring (bicyclic) bond motifs is 1. The molecule has 1 aromatic carbocycles. The quantitative estimate of drug-likeness (QED) is 0.886. The van der Waals surface area contributed by atoms with E-state index in [0.29, 0.717) is 18.8 Å². The Balaban J connectivity index is 1.83. The van der Waals surface area contributed by atoms with E-state index in [1.54, 1.807) is 11.0 Å². The summed E-state index contributed by atoms with van der Waals surface area (Å²) in [4.78, 5) is 28.6. The van der Waals surface area contributed by atoms with Crippen molar-refractivity contribution < 1.29 is 19.4 Å². The Morgan fingerprint density at radius 3 is 2.78 bits per heavy atom. The number of rotatable bonds is 5. The van der Waals surface area contributed by atoms with Gasteiger partial charge in [0.05, 0.1) is 6.42 Å². The highest BCUT2D eigenvalue weighted by atomic mass is 16.5. The predicted molar refractivity (Wildman–Crippen MR) is 85.4 cm³/mol. The number of ether oxygens (including phenoxy) is 1. The second kappa shape index (κ2) is 6.83. The van der Waals surface area contributed by atoms with E-state index in [1.165, 1.54) is 0 Å². The van der Waals surface area contributed by atoms with Crippen molar-refractivity contribution >= 4 is 22.8 Å². The Bertz CT molecular complexity index is 703. The van der Waals surface area contributed by atoms with Gasteiger partial charge >= 0.3 is 5.97 Å². The number of nitrogens with one attached hydrogen (secondary N) is 1. The van der Waals surface area contributed by atoms with Crippen molar-refractivity contribution in [1.29, 1.82) is 0 Å². The molecule has 0 radical (unpaired) electrons. The number of carboxylic acids is 1. The molecule has 6 nitrogen and oxygen atoms in total. The molecule has 23 heavy (non-hydrogen) atoms. The molecule has 1 aliphatic rings. The summed E-state index contributed by atoms with van der Waals surface area (Å²) in [6, 6.07) is 7.47. The summed E-state index contributed by atoms with van der Waals surface area (Å²) in [5.74, 6) is -1.00. The van der Waals surface area contributed by atoms with Gasteiger partial charge in [-0.25, -0.2) is 0 Å². The number of aromatic amines is 1. The minimum absolute atomic E-state index is 0.0394. The minimum Gasteiger partial charge on any atom is -0.481 e. The number of H-pyrrole nitrogens is 1. The second-order valence-electron chi connectivity index (χ2n) is 5.77. The van der Waals surface area contributed by atoms with Crippen LogP contribution < -0.4 is 0 Å². The van der Waals surface area contributed by atoms with E-state index < -0.39 is 5.97 Å². The molecule has 2 N–H and O–H groups in total. The molecular weight excluding hydrogens is 296 g/mol. The first-order chi connectivity index (χ1) is 11.1. The van der Waals surface area contributed by atoms with Crippen molar-refractivity contribution in [2.45, 2.75) is 25.3 Å². The molecule has 2 aromatic rings. The number of carboxylic acid groups (broad SMARTS) is 1. The monoisotopic (exact) mass is 316 g/mol. The van der Waals surface area contributed by atoms with Crippen LogP contribution in [-0.4, -0.2) is 52.7 Å². The van der Waals surface area contributed by atoms with Gasteiger partial charge in [-0.1, -0.05) is 0 Å². The first kappa shape index (κ1) is 15.6. The highest BCUT2D eigenvalue weighted by Gasteiger charge is 2.27. The molecule has 0 atom stereocenters. The van der Waals surface area contributed by atoms with Crippen LogP contribution in [-0.2, 0) is 9.53 Å². The van der Waals surface area contributed by atoms with E-state index in [9.17, 15) is 9.59 Å². The molecule has 1 fully saturated rings. The predicted octanol–water partition coefficient (Wildman–Crippen LogP) is 2.26. The second-order valence-corrected chi connectivity index (χ2v) is 5.77. The Hall–Kier alpha value is -2.34. The van der Waals surface area contributed by atoms with Crippen molar-refractivity contribution in [2.24, 2.45) is 0 Å². The van der Waals surface area contributed by atoms with Crippen molar-refractivity contribution in [1.82, 2.24) is 9.88 Å². The van der Waals surface area contributed by atoms with Crippen LogP contribution in [0.2, 0.25) is 0 Å². The normalized spacial score (nSPS) is 15.7. The Labute approximate surface area is 134 Å². The molecule has 0 saturated carbocycles. The molecule has 122 valence electrons. The maximum absolute atomic E-state index is 12.9. The first-order valence-electron chi connectivity index (χ1n) is 7.83. The molecule has 1 aliphatic heterocycles. The molecule has 1 aromatic heterocycles. The van der Waals surface area contributed by atoms with Gasteiger partial charge in [-0.3, -0.25) is 9.59 Å². The maximum atomic E-state index is 12.9. The number of hydrogen-bond donors (Lipinski definition) is 2. The maximum Gasteiger partial charge on any atom is 0.305 e. The van der Waals surface area contributed by atoms with E-state index in [-0.39, 0.29) is 24.9 Å². The van der Waals surface area contributed by atoms with Crippen LogP contribution in [0.1, 0.15) is 29.6 Å². The SMILES string of the molecule is O=C(O)CCN(C(=O)c1ccc2[nH]ccc2c1)C1CCOCC1. The van der Waals surface area contributed by atoms with Gasteiger partial charge in [0.2, 0.25) is 0 Å². The lowest BCUT2D eigenvalue weighted by molar-refractivity contribution is -0.137. The van der Waals surface area contributed by atoms with E-state index >= 15 is 0 Å². The molecule has 0 bridgehead atoms. The molecule has 0 spiro atoms. The van der Waals surface area contributed by atoms with Gasteiger partial charge in [0, 0.05) is 48.5 Å². The standard InChI is InChI=1S/C17H20N2O4/c20-16(21)4-8-19(14-5-9-23-10-6-14)17(22)13-1-2-15-12(11-13)3-7-18-15/h1-3,7,11,14,18H,4-6,8-10H2,(H,20,21). The average molecular weight is 316 g/mol. The van der Waals surface area contributed by atoms with E-state index in [0.717, 1.165) is 23.7 Å². The van der Waals surface area contributed by atoms with Crippen LogP contribution in [0.3, 0.4) is 0 Å². The van der Waals surface area contributed by atoms with Gasteiger partial charge in [-0.05, 0) is 37.1 Å². The summed E-state index contributed by atoms with van der Waals surface area (Å²) in [5.41, 5.74) is 1.57. The smallest absolute Gasteiger partial charge is 0.305 e. The third-order valence-corrected chi connectivity index (χ3v) is 4.26. The van der Waals surface area contributed by atoms with Crippen molar-refractivity contribution in [3.05, 3.63) is 36.0 Å². The van der Waals surface area contributed by atoms with E-state index in [1.807, 2.05) is 24.4 Å². The molecule has 1 saturated heterocycles. The fraction of sp³-hybridized carbons (Fsp3) is 0.412. The fourth-order valence-corrected chi connectivity index (χ4v) is 3.01. The fourth-order valence-electron chi connectivity index (χ4n) is 3.01. The summed E-state index contributed by atoms with van der Waals surface area (Å²) >= 11 is 0. The third-order valence-electron chi connectivity index (χ3n) is 4.26. The van der Waals surface area contributed by atoms with Gasteiger partial charge < -0.3 is 19.7 Å². The zero-order valence-corrected chi connectivity index (χ0v) is 12.8. The Kier molecular flexibility index (Phi) is 4.62. The van der Waals surface area contributed by atoms with Crippen molar-refractivity contribution in [2.75, 3.05) is 19.8 Å². The van der Waals surface area contributed by atoms with Crippen LogP contribution in [0, 0.1) is 0 Å². The number of carbonyl (C=O) groups is 2. The van der Waals surface area contributed by atoms with Crippen LogP contribution >= 0.6 is 0 Å². The number of benzene rings is 1. The highest BCUT2D eigenvalue weighted by Crippen LogP contribution is 2.20. The van der Waals surface area contributed by atoms with E-state index in [4.69, 9.17) is 9.84 Å². The minimum atomic E-state index is -0.893. The Morgan fingerprint density at radius 1 is 1.26 bits per heavy atom. The molecule has 0 aliphatic carbocycles. The van der Waals surface area contributed by atoms with Gasteiger partial charge in [0.15, 0.2) is 0 Å². The van der Waals surface area contributed by atoms with Crippen molar-refractivity contribution in [3.63, 3.8) is 0 Å². The number of aromatic nitrogens is 1. The summed E-state index contributed by atoms with van der Waals surface area (Å²) in [7, 11) is 0. The third kappa shape index (κ3) is 3.53. The summed E-state index contributed by atoms with van der Waals surface area (Å²) in [5, 5.41) is 9.93. The van der Waals surface area contributed by atoms with Crippen LogP contribution in [0.15, 0.2) is 30.5 Å². The van der Waals surface area contributed by atoms with Gasteiger partial charge in [0.25, 0.3) is 5.91 Å². The van der Waals surface area contributed by atoms with E-state index in [2.05, 4.69) is 4.98 Å². The highest BCUT2D eigenvalue weighted by molar-refractivity contribution is 5.98. The number of carbonyl (C=O) groups excluding carboxylic acids is 1. The number of nitrogens with zero attached hydrogens (tertiary/aromatic N) is 1. The van der Waals surface area contributed by atoms with Gasteiger partial charge in [-0.15, -0.1) is 0 Å². The Morgan fingerprint density at radius 2 is 2.04 bits per heavy atom. The van der Waals surface area contributed by atoms with Crippen LogP contribution in [0.5, 0.6) is 0 Å². The van der Waals surface area contributed by atoms with Crippen LogP contribution in [0.4, 0.5) is 0 Å². The zero-order valence-electron chi connectivity index (χ0n) is 12.8. The number of amides is 1. The molecule has 1 amide bonds. The molecular formula is C17H20N2O4. The first-order valence-corrected chi connectivity index (χ1v) is 7.83. The molecule has 6 heteroatoms. The van der Waals surface area contributed by atoms with Crippen LogP contribution in [0.25, 0.3) is 10.9 Å². The molecule has 0 unspecified atom stereocenters. The average Bonchev–Trinajstić information content (AvgIpc) is 3.03. The lowest BCUT2D eigenvalue weighted by Crippen LogP contribution is -2.44. The lowest BCUT2D eigenvalue weighted by atomic mass is 10.0. The van der Waals surface area contributed by atoms with Crippen molar-refractivity contribution in [3.8, 4) is 0 Å². The topological polar surface area (TPSA) is 82.6 Å². The summed E-state index contributed by atoms with van der Waals surface area (Å²) < 4.78 is 5.35. The van der Waals surface area contributed by atoms with Gasteiger partial charge in [0.1, 0.15) is 0 Å². The largest absolute Gasteiger partial charge is 0.481 e. The molecule has 2 heterocycles. The summed E-state index contributed by atoms with van der Waals surface area (Å²) in [6.45, 7) is 1.45. The summed E-state index contributed by atoms with van der Waals surface area (Å²) in [6.07, 6.45) is 3.28. The zero-order chi connectivity index (χ0) is 16.2. The lowest BCUT2D eigenvalue weighted by Gasteiger charge is -2.34.